The Morgan fingerprint density at radius 3 is 2.75 bits per heavy atom. The number of hydrogen-bond acceptors (Lipinski definition) is 4. The molecule has 1 amide bonds. The lowest BCUT2D eigenvalue weighted by molar-refractivity contribution is 0.0729. The van der Waals surface area contributed by atoms with Crippen molar-refractivity contribution in [2.75, 3.05) is 20.1 Å². The molecule has 0 saturated carbocycles. The summed E-state index contributed by atoms with van der Waals surface area (Å²) in [6, 6.07) is 8.31. The van der Waals surface area contributed by atoms with Crippen molar-refractivity contribution in [3.8, 4) is 5.69 Å². The maximum Gasteiger partial charge on any atom is 0.274 e. The molecule has 6 nitrogen and oxygen atoms in total. The first-order valence-corrected chi connectivity index (χ1v) is 7.92. The highest BCUT2D eigenvalue weighted by molar-refractivity contribution is 5.92. The highest BCUT2D eigenvalue weighted by Gasteiger charge is 2.29. The van der Waals surface area contributed by atoms with Gasteiger partial charge in [-0.05, 0) is 50.2 Å². The molecule has 0 bridgehead atoms. The number of benzene rings is 1. The van der Waals surface area contributed by atoms with E-state index >= 15 is 0 Å². The number of amides is 1. The van der Waals surface area contributed by atoms with Gasteiger partial charge in [0.05, 0.1) is 5.69 Å². The molecule has 1 atom stereocenters. The van der Waals surface area contributed by atoms with Gasteiger partial charge in [-0.25, -0.2) is 4.39 Å². The predicted octanol–water partition coefficient (Wildman–Crippen LogP) is 1.20. The standard InChI is InChI=1S/C17H19FN4O2/c1-19-11-14-3-2-10-21(14)17(24)15-8-9-16(23)22(20-15)13-6-4-12(18)5-7-13/h4-9,14,19H,2-3,10-11H2,1H3/t14-/m1/s1. The summed E-state index contributed by atoms with van der Waals surface area (Å²) < 4.78 is 14.2. The number of aromatic nitrogens is 2. The molecule has 1 aliphatic rings. The summed E-state index contributed by atoms with van der Waals surface area (Å²) in [7, 11) is 1.86. The van der Waals surface area contributed by atoms with Crippen LogP contribution in [0.5, 0.6) is 0 Å². The quantitative estimate of drug-likeness (QED) is 0.915. The normalized spacial score (nSPS) is 17.2. The van der Waals surface area contributed by atoms with Gasteiger partial charge in [0, 0.05) is 25.2 Å². The number of likely N-dealkylation sites (tertiary alicyclic amines) is 1. The molecular formula is C17H19FN4O2. The Labute approximate surface area is 138 Å². The maximum atomic E-state index is 13.1. The SMILES string of the molecule is CNC[C@H]1CCCN1C(=O)c1ccc(=O)n(-c2ccc(F)cc2)n1. The Kier molecular flexibility index (Phi) is 4.71. The Morgan fingerprint density at radius 2 is 2.04 bits per heavy atom. The van der Waals surface area contributed by atoms with Gasteiger partial charge in [-0.15, -0.1) is 0 Å². The molecule has 1 fully saturated rings. The van der Waals surface area contributed by atoms with E-state index in [4.69, 9.17) is 0 Å². The summed E-state index contributed by atoms with van der Waals surface area (Å²) in [4.78, 5) is 26.6. The van der Waals surface area contributed by atoms with Crippen molar-refractivity contribution >= 4 is 5.91 Å². The fourth-order valence-corrected chi connectivity index (χ4v) is 2.99. The number of nitrogens with one attached hydrogen (secondary N) is 1. The number of nitrogens with zero attached hydrogens (tertiary/aromatic N) is 3. The van der Waals surface area contributed by atoms with Crippen LogP contribution >= 0.6 is 0 Å². The maximum absolute atomic E-state index is 13.1. The molecule has 24 heavy (non-hydrogen) atoms. The predicted molar refractivity (Wildman–Crippen MR) is 87.8 cm³/mol. The van der Waals surface area contributed by atoms with Crippen LogP contribution in [-0.2, 0) is 0 Å². The van der Waals surface area contributed by atoms with Crippen molar-refractivity contribution in [3.63, 3.8) is 0 Å². The van der Waals surface area contributed by atoms with Crippen molar-refractivity contribution in [2.45, 2.75) is 18.9 Å². The van der Waals surface area contributed by atoms with Gasteiger partial charge in [0.1, 0.15) is 11.5 Å². The third-order valence-corrected chi connectivity index (χ3v) is 4.17. The van der Waals surface area contributed by atoms with Gasteiger partial charge in [0.15, 0.2) is 0 Å². The molecule has 1 aromatic heterocycles. The van der Waals surface area contributed by atoms with Crippen molar-refractivity contribution in [3.05, 3.63) is 58.3 Å². The zero-order chi connectivity index (χ0) is 17.1. The molecule has 7 heteroatoms. The monoisotopic (exact) mass is 330 g/mol. The first-order valence-electron chi connectivity index (χ1n) is 7.92. The van der Waals surface area contributed by atoms with Gasteiger partial charge >= 0.3 is 0 Å². The molecule has 1 saturated heterocycles. The minimum atomic E-state index is -0.397. The van der Waals surface area contributed by atoms with E-state index in [0.717, 1.165) is 24.1 Å². The van der Waals surface area contributed by atoms with Crippen LogP contribution in [0.15, 0.2) is 41.2 Å². The van der Waals surface area contributed by atoms with Gasteiger partial charge in [0.2, 0.25) is 0 Å². The highest BCUT2D eigenvalue weighted by Crippen LogP contribution is 2.19. The molecule has 126 valence electrons. The third kappa shape index (κ3) is 3.21. The van der Waals surface area contributed by atoms with Gasteiger partial charge in [0.25, 0.3) is 11.5 Å². The number of rotatable bonds is 4. The number of hydrogen-bond donors (Lipinski definition) is 1. The Morgan fingerprint density at radius 1 is 1.29 bits per heavy atom. The first kappa shape index (κ1) is 16.3. The summed E-state index contributed by atoms with van der Waals surface area (Å²) >= 11 is 0. The van der Waals surface area contributed by atoms with Gasteiger partial charge in [-0.1, -0.05) is 0 Å². The topological polar surface area (TPSA) is 67.2 Å². The first-order chi connectivity index (χ1) is 11.6. The van der Waals surface area contributed by atoms with Crippen LogP contribution in [0.25, 0.3) is 5.69 Å². The number of likely N-dealkylation sites (N-methyl/N-ethyl adjacent to an activating group) is 1. The van der Waals surface area contributed by atoms with Crippen LogP contribution in [0.4, 0.5) is 4.39 Å². The van der Waals surface area contributed by atoms with Crippen LogP contribution < -0.4 is 10.9 Å². The zero-order valence-electron chi connectivity index (χ0n) is 13.4. The van der Waals surface area contributed by atoms with Gasteiger partial charge in [-0.2, -0.15) is 9.78 Å². The van der Waals surface area contributed by atoms with E-state index in [9.17, 15) is 14.0 Å². The van der Waals surface area contributed by atoms with Crippen LogP contribution in [0.2, 0.25) is 0 Å². The molecule has 0 unspecified atom stereocenters. The molecule has 1 N–H and O–H groups in total. The van der Waals surface area contributed by atoms with E-state index < -0.39 is 5.82 Å². The smallest absolute Gasteiger partial charge is 0.274 e. The van der Waals surface area contributed by atoms with Crippen molar-refractivity contribution in [1.82, 2.24) is 20.0 Å². The summed E-state index contributed by atoms with van der Waals surface area (Å²) in [6.45, 7) is 1.41. The number of halogens is 1. The Hall–Kier alpha value is -2.54. The Balaban J connectivity index is 1.92. The lowest BCUT2D eigenvalue weighted by Crippen LogP contribution is -2.41. The van der Waals surface area contributed by atoms with E-state index in [1.54, 1.807) is 4.90 Å². The van der Waals surface area contributed by atoms with E-state index in [0.29, 0.717) is 12.2 Å². The fourth-order valence-electron chi connectivity index (χ4n) is 2.99. The summed E-state index contributed by atoms with van der Waals surface area (Å²) in [5.74, 6) is -0.588. The average molecular weight is 330 g/mol. The molecule has 1 aliphatic heterocycles. The molecule has 0 aliphatic carbocycles. The van der Waals surface area contributed by atoms with Crippen LogP contribution in [0.3, 0.4) is 0 Å². The summed E-state index contributed by atoms with van der Waals surface area (Å²) in [6.07, 6.45) is 1.90. The van der Waals surface area contributed by atoms with Crippen LogP contribution in [0.1, 0.15) is 23.3 Å². The van der Waals surface area contributed by atoms with Gasteiger partial charge < -0.3 is 10.2 Å². The molecule has 0 radical (unpaired) electrons. The lowest BCUT2D eigenvalue weighted by Gasteiger charge is -2.24. The minimum absolute atomic E-state index is 0.135. The van der Waals surface area contributed by atoms with Crippen molar-refractivity contribution in [1.29, 1.82) is 0 Å². The second-order valence-electron chi connectivity index (χ2n) is 5.80. The molecule has 0 spiro atoms. The largest absolute Gasteiger partial charge is 0.333 e. The van der Waals surface area contributed by atoms with Crippen molar-refractivity contribution in [2.24, 2.45) is 0 Å². The highest BCUT2D eigenvalue weighted by atomic mass is 19.1. The molecule has 1 aromatic carbocycles. The second kappa shape index (κ2) is 6.92. The van der Waals surface area contributed by atoms with Crippen LogP contribution in [-0.4, -0.2) is 46.8 Å². The number of carbonyl (C=O) groups is 1. The molecule has 3 rings (SSSR count). The number of carbonyl (C=O) groups excluding carboxylic acids is 1. The van der Waals surface area contributed by atoms with Gasteiger partial charge in [-0.3, -0.25) is 9.59 Å². The van der Waals surface area contributed by atoms with E-state index in [1.165, 1.54) is 36.4 Å². The van der Waals surface area contributed by atoms with E-state index in [2.05, 4.69) is 10.4 Å². The summed E-state index contributed by atoms with van der Waals surface area (Å²) in [5, 5.41) is 7.27. The van der Waals surface area contributed by atoms with Crippen molar-refractivity contribution < 1.29 is 9.18 Å². The Bertz CT molecular complexity index is 788. The molecule has 2 heterocycles. The second-order valence-corrected chi connectivity index (χ2v) is 5.80. The lowest BCUT2D eigenvalue weighted by atomic mass is 10.2. The van der Waals surface area contributed by atoms with Crippen LogP contribution in [0, 0.1) is 5.82 Å². The molecule has 2 aromatic rings. The van der Waals surface area contributed by atoms with E-state index in [1.807, 2.05) is 7.05 Å². The minimum Gasteiger partial charge on any atom is -0.333 e. The zero-order valence-corrected chi connectivity index (χ0v) is 13.4. The van der Waals surface area contributed by atoms with E-state index in [-0.39, 0.29) is 23.2 Å². The third-order valence-electron chi connectivity index (χ3n) is 4.17. The average Bonchev–Trinajstić information content (AvgIpc) is 3.04. The summed E-state index contributed by atoms with van der Waals surface area (Å²) in [5.41, 5.74) is 0.262. The molecular weight excluding hydrogens is 311 g/mol. The fraction of sp³-hybridized carbons (Fsp3) is 0.353.